The van der Waals surface area contributed by atoms with Crippen LogP contribution in [0, 0.1) is 5.41 Å². The molecule has 2 N–H and O–H groups in total. The number of oxime groups is 1. The van der Waals surface area contributed by atoms with E-state index in [1.165, 1.54) is 0 Å². The number of hydrogen-bond acceptors (Lipinski definition) is 3. The van der Waals surface area contributed by atoms with Crippen molar-refractivity contribution in [3.05, 3.63) is 0 Å². The van der Waals surface area contributed by atoms with E-state index in [-0.39, 0.29) is 5.41 Å². The first-order chi connectivity index (χ1) is 5.76. The quantitative estimate of drug-likeness (QED) is 0.662. The number of primary amides is 1. The fourth-order valence-electron chi connectivity index (χ4n) is 1.07. The summed E-state index contributed by atoms with van der Waals surface area (Å²) >= 11 is 0. The van der Waals surface area contributed by atoms with Crippen LogP contribution in [0.2, 0.25) is 0 Å². The van der Waals surface area contributed by atoms with E-state index in [2.05, 4.69) is 5.16 Å². The van der Waals surface area contributed by atoms with Crippen LogP contribution in [0.15, 0.2) is 5.16 Å². The molecule has 4 nitrogen and oxygen atoms in total. The third-order valence-electron chi connectivity index (χ3n) is 2.25. The number of hydrogen-bond donors (Lipinski definition) is 1. The molecule has 0 fully saturated rings. The van der Waals surface area contributed by atoms with Crippen LogP contribution in [0.4, 0.5) is 0 Å². The normalized spacial score (nSPS) is 28.2. The van der Waals surface area contributed by atoms with Crippen molar-refractivity contribution in [2.24, 2.45) is 16.3 Å². The number of nitrogens with zero attached hydrogens (tertiary/aromatic N) is 1. The molecule has 0 radical (unpaired) electrons. The molecule has 0 aromatic carbocycles. The topological polar surface area (TPSA) is 64.7 Å². The molecule has 1 aliphatic rings. The second kappa shape index (κ2) is 2.72. The molecule has 4 heteroatoms. The molecule has 1 unspecified atom stereocenters. The van der Waals surface area contributed by atoms with Crippen molar-refractivity contribution in [3.8, 4) is 0 Å². The molecule has 1 rings (SSSR count). The lowest BCUT2D eigenvalue weighted by Gasteiger charge is -2.19. The largest absolute Gasteiger partial charge is 0.379 e. The van der Waals surface area contributed by atoms with E-state index in [1.54, 1.807) is 6.92 Å². The van der Waals surface area contributed by atoms with Crippen molar-refractivity contribution in [1.29, 1.82) is 0 Å². The van der Waals surface area contributed by atoms with Crippen LogP contribution in [-0.4, -0.2) is 17.2 Å². The van der Waals surface area contributed by atoms with Gasteiger partial charge in [-0.3, -0.25) is 4.79 Å². The summed E-state index contributed by atoms with van der Waals surface area (Å²) in [6, 6.07) is 0. The van der Waals surface area contributed by atoms with Crippen molar-refractivity contribution >= 4 is 11.6 Å². The van der Waals surface area contributed by atoms with Crippen LogP contribution < -0.4 is 5.73 Å². The number of rotatable bonds is 1. The minimum Gasteiger partial charge on any atom is -0.379 e. The Morgan fingerprint density at radius 3 is 2.38 bits per heavy atom. The van der Waals surface area contributed by atoms with Gasteiger partial charge in [-0.15, -0.1) is 0 Å². The molecule has 1 atom stereocenters. The first kappa shape index (κ1) is 10.0. The molecule has 0 saturated heterocycles. The second-order valence-electron chi connectivity index (χ2n) is 4.65. The Hall–Kier alpha value is -1.06. The summed E-state index contributed by atoms with van der Waals surface area (Å²) in [7, 11) is 0. The molecule has 74 valence electrons. The minimum atomic E-state index is -0.942. The molecule has 0 saturated carbocycles. The van der Waals surface area contributed by atoms with Gasteiger partial charge in [0.05, 0.1) is 5.71 Å². The number of carbonyl (C=O) groups is 1. The molecule has 13 heavy (non-hydrogen) atoms. The van der Waals surface area contributed by atoms with Crippen molar-refractivity contribution in [1.82, 2.24) is 0 Å². The molecule has 1 aliphatic heterocycles. The molecule has 1 amide bonds. The van der Waals surface area contributed by atoms with Crippen LogP contribution in [0.1, 0.15) is 34.1 Å². The third-order valence-corrected chi connectivity index (χ3v) is 2.25. The SMILES string of the molecule is CC(C)(C)C1=NOC(C)(C(N)=O)C1. The van der Waals surface area contributed by atoms with Gasteiger partial charge in [-0.25, -0.2) is 0 Å². The van der Waals surface area contributed by atoms with Crippen molar-refractivity contribution < 1.29 is 9.63 Å². The Bertz CT molecular complexity index is 265. The highest BCUT2D eigenvalue weighted by Gasteiger charge is 2.43. The summed E-state index contributed by atoms with van der Waals surface area (Å²) in [5.41, 5.74) is 5.08. The fourth-order valence-corrected chi connectivity index (χ4v) is 1.07. The van der Waals surface area contributed by atoms with E-state index in [0.717, 1.165) is 5.71 Å². The zero-order chi connectivity index (χ0) is 10.3. The predicted octanol–water partition coefficient (Wildman–Crippen LogP) is 1.05. The van der Waals surface area contributed by atoms with Crippen LogP contribution in [-0.2, 0) is 9.63 Å². The Morgan fingerprint density at radius 1 is 1.62 bits per heavy atom. The van der Waals surface area contributed by atoms with E-state index in [9.17, 15) is 4.79 Å². The highest BCUT2D eigenvalue weighted by atomic mass is 16.7. The van der Waals surface area contributed by atoms with Crippen LogP contribution in [0.3, 0.4) is 0 Å². The van der Waals surface area contributed by atoms with Gasteiger partial charge < -0.3 is 10.6 Å². The third kappa shape index (κ3) is 1.82. The van der Waals surface area contributed by atoms with Gasteiger partial charge in [0.1, 0.15) is 0 Å². The van der Waals surface area contributed by atoms with E-state index in [1.807, 2.05) is 20.8 Å². The monoisotopic (exact) mass is 184 g/mol. The summed E-state index contributed by atoms with van der Waals surface area (Å²) in [6.45, 7) is 7.75. The number of nitrogens with two attached hydrogens (primary N) is 1. The van der Waals surface area contributed by atoms with Crippen molar-refractivity contribution in [2.45, 2.75) is 39.7 Å². The Balaban J connectivity index is 2.77. The van der Waals surface area contributed by atoms with Gasteiger partial charge in [0.25, 0.3) is 5.91 Å². The van der Waals surface area contributed by atoms with Crippen LogP contribution in [0.5, 0.6) is 0 Å². The lowest BCUT2D eigenvalue weighted by molar-refractivity contribution is -0.138. The van der Waals surface area contributed by atoms with Gasteiger partial charge in [-0.05, 0) is 6.92 Å². The Kier molecular flexibility index (Phi) is 2.10. The van der Waals surface area contributed by atoms with Crippen LogP contribution in [0.25, 0.3) is 0 Å². The summed E-state index contributed by atoms with van der Waals surface area (Å²) in [4.78, 5) is 16.1. The smallest absolute Gasteiger partial charge is 0.264 e. The van der Waals surface area contributed by atoms with Gasteiger partial charge in [0, 0.05) is 11.8 Å². The highest BCUT2D eigenvalue weighted by molar-refractivity contribution is 5.97. The van der Waals surface area contributed by atoms with Crippen LogP contribution >= 0.6 is 0 Å². The Morgan fingerprint density at radius 2 is 2.15 bits per heavy atom. The standard InChI is InChI=1S/C9H16N2O2/c1-8(2,3)6-5-9(4,7(10)12)13-11-6/h5H2,1-4H3,(H2,10,12). The fraction of sp³-hybridized carbons (Fsp3) is 0.778. The van der Waals surface area contributed by atoms with Crippen molar-refractivity contribution in [2.75, 3.05) is 0 Å². The molecular formula is C9H16N2O2. The van der Waals surface area contributed by atoms with Gasteiger partial charge in [0.2, 0.25) is 5.60 Å². The van der Waals surface area contributed by atoms with Gasteiger partial charge in [-0.2, -0.15) is 0 Å². The average molecular weight is 184 g/mol. The number of amides is 1. The van der Waals surface area contributed by atoms with E-state index in [4.69, 9.17) is 10.6 Å². The maximum absolute atomic E-state index is 11.0. The molecule has 1 heterocycles. The minimum absolute atomic E-state index is 0.0623. The zero-order valence-electron chi connectivity index (χ0n) is 8.55. The molecule has 0 aromatic heterocycles. The molecule has 0 bridgehead atoms. The van der Waals surface area contributed by atoms with Gasteiger partial charge >= 0.3 is 0 Å². The first-order valence-corrected chi connectivity index (χ1v) is 4.31. The molecule has 0 spiro atoms. The maximum Gasteiger partial charge on any atom is 0.264 e. The van der Waals surface area contributed by atoms with E-state index < -0.39 is 11.5 Å². The molecule has 0 aliphatic carbocycles. The molecule has 0 aromatic rings. The van der Waals surface area contributed by atoms with E-state index in [0.29, 0.717) is 6.42 Å². The Labute approximate surface area is 78.1 Å². The predicted molar refractivity (Wildman–Crippen MR) is 50.2 cm³/mol. The molecular weight excluding hydrogens is 168 g/mol. The van der Waals surface area contributed by atoms with Gasteiger partial charge in [0.15, 0.2) is 0 Å². The second-order valence-corrected chi connectivity index (χ2v) is 4.65. The van der Waals surface area contributed by atoms with Gasteiger partial charge in [-0.1, -0.05) is 25.9 Å². The maximum atomic E-state index is 11.0. The van der Waals surface area contributed by atoms with Crippen molar-refractivity contribution in [3.63, 3.8) is 0 Å². The number of carbonyl (C=O) groups excluding carboxylic acids is 1. The lowest BCUT2D eigenvalue weighted by Crippen LogP contribution is -2.42. The average Bonchev–Trinajstić information content (AvgIpc) is 2.31. The summed E-state index contributed by atoms with van der Waals surface area (Å²) in [5, 5.41) is 3.90. The summed E-state index contributed by atoms with van der Waals surface area (Å²) in [5.74, 6) is -0.462. The summed E-state index contributed by atoms with van der Waals surface area (Å²) < 4.78 is 0. The zero-order valence-corrected chi connectivity index (χ0v) is 8.55. The first-order valence-electron chi connectivity index (χ1n) is 4.31. The highest BCUT2D eigenvalue weighted by Crippen LogP contribution is 2.31. The lowest BCUT2D eigenvalue weighted by atomic mass is 9.84. The summed E-state index contributed by atoms with van der Waals surface area (Å²) in [6.07, 6.45) is 0.492. The van der Waals surface area contributed by atoms with E-state index >= 15 is 0 Å².